The summed E-state index contributed by atoms with van der Waals surface area (Å²) in [6, 6.07) is 2.88. The Kier molecular flexibility index (Phi) is 5.18. The van der Waals surface area contributed by atoms with E-state index in [1.54, 1.807) is 0 Å². The Bertz CT molecular complexity index is 680. The van der Waals surface area contributed by atoms with Crippen LogP contribution in [0.25, 0.3) is 0 Å². The molecular weight excluding hydrogens is 333 g/mol. The summed E-state index contributed by atoms with van der Waals surface area (Å²) in [5.41, 5.74) is 0.461. The van der Waals surface area contributed by atoms with Crippen LogP contribution in [0.2, 0.25) is 10.0 Å². The number of sulfonamides is 1. The molecular formula is C14H15Cl2NO3S. The van der Waals surface area contributed by atoms with Gasteiger partial charge in [0, 0.05) is 19.2 Å². The van der Waals surface area contributed by atoms with Gasteiger partial charge in [0.15, 0.2) is 0 Å². The third-order valence-electron chi connectivity index (χ3n) is 3.19. The van der Waals surface area contributed by atoms with Crippen LogP contribution in [0, 0.1) is 17.8 Å². The van der Waals surface area contributed by atoms with Crippen molar-refractivity contribution in [1.29, 1.82) is 0 Å². The van der Waals surface area contributed by atoms with E-state index in [-0.39, 0.29) is 21.5 Å². The molecule has 0 bridgehead atoms. The molecule has 1 fully saturated rings. The van der Waals surface area contributed by atoms with Gasteiger partial charge in [-0.25, -0.2) is 12.7 Å². The van der Waals surface area contributed by atoms with Crippen molar-refractivity contribution in [3.8, 4) is 11.8 Å². The van der Waals surface area contributed by atoms with Crippen LogP contribution in [-0.2, 0) is 10.0 Å². The molecule has 1 aliphatic carbocycles. The van der Waals surface area contributed by atoms with E-state index in [0.717, 1.165) is 12.8 Å². The second kappa shape index (κ2) is 6.55. The monoisotopic (exact) mass is 347 g/mol. The SMILES string of the molecule is CN(CC1CC1)S(=O)(=O)c1c(Cl)cc(C#CCO)cc1Cl. The van der Waals surface area contributed by atoms with Crippen molar-refractivity contribution in [2.45, 2.75) is 17.7 Å². The van der Waals surface area contributed by atoms with Crippen molar-refractivity contribution < 1.29 is 13.5 Å². The third-order valence-corrected chi connectivity index (χ3v) is 5.94. The quantitative estimate of drug-likeness (QED) is 0.850. The fraction of sp³-hybridized carbons (Fsp3) is 0.429. The van der Waals surface area contributed by atoms with Crippen LogP contribution >= 0.6 is 23.2 Å². The van der Waals surface area contributed by atoms with Crippen LogP contribution in [-0.4, -0.2) is 38.0 Å². The highest BCUT2D eigenvalue weighted by atomic mass is 35.5. The first-order chi connectivity index (χ1) is 9.86. The molecule has 1 aliphatic rings. The van der Waals surface area contributed by atoms with Crippen LogP contribution < -0.4 is 0 Å². The Morgan fingerprint density at radius 1 is 1.33 bits per heavy atom. The molecule has 0 aliphatic heterocycles. The Morgan fingerprint density at radius 3 is 2.38 bits per heavy atom. The van der Waals surface area contributed by atoms with Gasteiger partial charge in [-0.15, -0.1) is 0 Å². The van der Waals surface area contributed by atoms with Gasteiger partial charge in [0.1, 0.15) is 11.5 Å². The molecule has 0 heterocycles. The zero-order chi connectivity index (χ0) is 15.6. The molecule has 0 spiro atoms. The van der Waals surface area contributed by atoms with E-state index in [4.69, 9.17) is 28.3 Å². The van der Waals surface area contributed by atoms with E-state index in [0.29, 0.717) is 18.0 Å². The maximum absolute atomic E-state index is 12.5. The van der Waals surface area contributed by atoms with Gasteiger partial charge in [-0.2, -0.15) is 0 Å². The highest BCUT2D eigenvalue weighted by Crippen LogP contribution is 2.35. The molecule has 114 valence electrons. The zero-order valence-corrected chi connectivity index (χ0v) is 13.8. The van der Waals surface area contributed by atoms with Crippen molar-refractivity contribution in [1.82, 2.24) is 4.31 Å². The van der Waals surface area contributed by atoms with Gasteiger partial charge in [-0.05, 0) is 30.9 Å². The number of hydrogen-bond donors (Lipinski definition) is 1. The average Bonchev–Trinajstić information content (AvgIpc) is 3.19. The fourth-order valence-electron chi connectivity index (χ4n) is 1.94. The molecule has 21 heavy (non-hydrogen) atoms. The molecule has 2 rings (SSSR count). The molecule has 7 heteroatoms. The van der Waals surface area contributed by atoms with Gasteiger partial charge in [0.05, 0.1) is 10.0 Å². The number of halogens is 2. The predicted octanol–water partition coefficient (Wildman–Crippen LogP) is 2.37. The van der Waals surface area contributed by atoms with Crippen molar-refractivity contribution in [2.75, 3.05) is 20.2 Å². The lowest BCUT2D eigenvalue weighted by Crippen LogP contribution is -2.29. The molecule has 1 N–H and O–H groups in total. The Labute approximate surface area is 134 Å². The highest BCUT2D eigenvalue weighted by Gasteiger charge is 2.31. The molecule has 0 aromatic heterocycles. The molecule has 0 unspecified atom stereocenters. The number of aliphatic hydroxyl groups excluding tert-OH is 1. The standard InChI is InChI=1S/C14H15Cl2NO3S/c1-17(9-10-4-5-10)21(19,20)14-12(15)7-11(3-2-6-18)8-13(14)16/h7-8,10,18H,4-6,9H2,1H3. The Morgan fingerprint density at radius 2 is 1.90 bits per heavy atom. The Hall–Kier alpha value is -0.770. The van der Waals surface area contributed by atoms with Crippen LogP contribution in [0.1, 0.15) is 18.4 Å². The second-order valence-electron chi connectivity index (χ2n) is 4.96. The molecule has 4 nitrogen and oxygen atoms in total. The summed E-state index contributed by atoms with van der Waals surface area (Å²) < 4.78 is 26.4. The van der Waals surface area contributed by atoms with E-state index in [9.17, 15) is 8.42 Å². The number of nitrogens with zero attached hydrogens (tertiary/aromatic N) is 1. The highest BCUT2D eigenvalue weighted by molar-refractivity contribution is 7.89. The van der Waals surface area contributed by atoms with Gasteiger partial charge in [-0.1, -0.05) is 35.0 Å². The topological polar surface area (TPSA) is 57.6 Å². The molecule has 0 atom stereocenters. The molecule has 0 saturated heterocycles. The summed E-state index contributed by atoms with van der Waals surface area (Å²) in [4.78, 5) is -0.0940. The summed E-state index contributed by atoms with van der Waals surface area (Å²) in [7, 11) is -2.19. The minimum Gasteiger partial charge on any atom is -0.384 e. The minimum atomic E-state index is -3.72. The molecule has 1 aromatic rings. The van der Waals surface area contributed by atoms with E-state index >= 15 is 0 Å². The first kappa shape index (κ1) is 16.6. The average molecular weight is 348 g/mol. The summed E-state index contributed by atoms with van der Waals surface area (Å²) in [5, 5.41) is 8.74. The lowest BCUT2D eigenvalue weighted by Gasteiger charge is -2.18. The summed E-state index contributed by atoms with van der Waals surface area (Å²) in [6.07, 6.45) is 2.11. The van der Waals surface area contributed by atoms with Gasteiger partial charge in [0.25, 0.3) is 0 Å². The smallest absolute Gasteiger partial charge is 0.245 e. The summed E-state index contributed by atoms with van der Waals surface area (Å²) >= 11 is 12.1. The normalized spacial score (nSPS) is 14.9. The fourth-order valence-corrected chi connectivity index (χ4v) is 4.34. The van der Waals surface area contributed by atoms with Crippen LogP contribution in [0.4, 0.5) is 0 Å². The number of hydrogen-bond acceptors (Lipinski definition) is 3. The van der Waals surface area contributed by atoms with Gasteiger partial charge >= 0.3 is 0 Å². The van der Waals surface area contributed by atoms with Gasteiger partial charge < -0.3 is 5.11 Å². The van der Waals surface area contributed by atoms with Crippen molar-refractivity contribution in [3.05, 3.63) is 27.7 Å². The molecule has 1 aromatic carbocycles. The first-order valence-corrected chi connectivity index (χ1v) is 8.61. The maximum Gasteiger partial charge on any atom is 0.245 e. The number of aliphatic hydroxyl groups is 1. The van der Waals surface area contributed by atoms with E-state index < -0.39 is 10.0 Å². The predicted molar refractivity (Wildman–Crippen MR) is 83.0 cm³/mol. The zero-order valence-electron chi connectivity index (χ0n) is 11.4. The lowest BCUT2D eigenvalue weighted by atomic mass is 10.2. The van der Waals surface area contributed by atoms with Crippen LogP contribution in [0.3, 0.4) is 0 Å². The first-order valence-electron chi connectivity index (χ1n) is 6.41. The van der Waals surface area contributed by atoms with Gasteiger partial charge in [-0.3, -0.25) is 0 Å². The largest absolute Gasteiger partial charge is 0.384 e. The second-order valence-corrected chi connectivity index (χ2v) is 7.75. The summed E-state index contributed by atoms with van der Waals surface area (Å²) in [6.45, 7) is 0.181. The van der Waals surface area contributed by atoms with E-state index in [1.165, 1.54) is 23.5 Å². The molecule has 1 saturated carbocycles. The van der Waals surface area contributed by atoms with Crippen LogP contribution in [0.5, 0.6) is 0 Å². The molecule has 0 amide bonds. The lowest BCUT2D eigenvalue weighted by molar-refractivity contribution is 0.350. The van der Waals surface area contributed by atoms with Crippen molar-refractivity contribution in [3.63, 3.8) is 0 Å². The summed E-state index contributed by atoms with van der Waals surface area (Å²) in [5.74, 6) is 5.54. The minimum absolute atomic E-state index is 0.0346. The van der Waals surface area contributed by atoms with Crippen LogP contribution in [0.15, 0.2) is 17.0 Å². The third kappa shape index (κ3) is 3.91. The maximum atomic E-state index is 12.5. The van der Waals surface area contributed by atoms with Crippen molar-refractivity contribution >= 4 is 33.2 Å². The van der Waals surface area contributed by atoms with E-state index in [1.807, 2.05) is 0 Å². The Balaban J connectivity index is 2.38. The van der Waals surface area contributed by atoms with E-state index in [2.05, 4.69) is 11.8 Å². The van der Waals surface area contributed by atoms with Gasteiger partial charge in [0.2, 0.25) is 10.0 Å². The number of rotatable bonds is 4. The number of benzene rings is 1. The molecule has 0 radical (unpaired) electrons. The van der Waals surface area contributed by atoms with Crippen molar-refractivity contribution in [2.24, 2.45) is 5.92 Å².